The van der Waals surface area contributed by atoms with Crippen molar-refractivity contribution in [2.45, 2.75) is 130 Å². The third kappa shape index (κ3) is 5.25. The van der Waals surface area contributed by atoms with Gasteiger partial charge >= 0.3 is 0 Å². The number of rotatable bonds is 16. The van der Waals surface area contributed by atoms with Crippen LogP contribution in [-0.2, 0) is 14.4 Å². The second-order valence-electron chi connectivity index (χ2n) is 10.9. The highest BCUT2D eigenvalue weighted by Crippen LogP contribution is 2.68. The van der Waals surface area contributed by atoms with E-state index in [0.717, 1.165) is 12.8 Å². The number of carbonyl (C=O) groups excluding carboxylic acids is 3. The number of Topliss-reactive ketones (excluding diaryl/α,β-unsaturated/α-hetero) is 2. The van der Waals surface area contributed by atoms with Crippen molar-refractivity contribution in [2.24, 2.45) is 16.2 Å². The second kappa shape index (κ2) is 11.6. The topological polar surface area (TPSA) is 63.2 Å². The van der Waals surface area contributed by atoms with Gasteiger partial charge in [-0.15, -0.1) is 0 Å². The number of amides is 1. The molecule has 2 aliphatic rings. The van der Waals surface area contributed by atoms with Crippen LogP contribution in [0.25, 0.3) is 0 Å². The number of unbranched alkanes of at least 4 members (excludes halogenated alkanes) is 13. The van der Waals surface area contributed by atoms with E-state index in [1.165, 1.54) is 77.0 Å². The van der Waals surface area contributed by atoms with E-state index in [-0.39, 0.29) is 11.7 Å². The lowest BCUT2D eigenvalue weighted by atomic mass is 9.64. The molecule has 0 radical (unpaired) electrons. The molecule has 0 saturated heterocycles. The van der Waals surface area contributed by atoms with E-state index < -0.39 is 22.0 Å². The largest absolute Gasteiger partial charge is 0.355 e. The Morgan fingerprint density at radius 1 is 0.710 bits per heavy atom. The normalized spacial score (nSPS) is 26.6. The van der Waals surface area contributed by atoms with Crippen LogP contribution < -0.4 is 5.32 Å². The molecule has 1 amide bonds. The summed E-state index contributed by atoms with van der Waals surface area (Å²) in [7, 11) is 0. The number of hydrogen-bond acceptors (Lipinski definition) is 3. The predicted molar refractivity (Wildman–Crippen MR) is 127 cm³/mol. The van der Waals surface area contributed by atoms with Gasteiger partial charge in [0.25, 0.3) is 0 Å². The smallest absolute Gasteiger partial charge is 0.234 e. The standard InChI is InChI=1S/C27H47NO3/c1-5-6-7-8-9-10-11-12-13-14-15-16-17-18-21-28-24(31)27-20-19-26(4,25(27,2)3)22(29)23(27)30/h5-21H2,1-4H3,(H,28,31)/t26-,27+/m0/s1. The molecular formula is C27H47NO3. The highest BCUT2D eigenvalue weighted by molar-refractivity contribution is 6.48. The fourth-order valence-electron chi connectivity index (χ4n) is 5.95. The molecule has 0 spiro atoms. The molecule has 2 atom stereocenters. The van der Waals surface area contributed by atoms with E-state index in [2.05, 4.69) is 12.2 Å². The van der Waals surface area contributed by atoms with Crippen LogP contribution in [0.5, 0.6) is 0 Å². The van der Waals surface area contributed by atoms with Gasteiger partial charge in [-0.05, 0) is 24.7 Å². The Kier molecular flexibility index (Phi) is 9.76. The average Bonchev–Trinajstić information content (AvgIpc) is 3.02. The van der Waals surface area contributed by atoms with E-state index in [1.807, 2.05) is 20.8 Å². The molecule has 2 saturated carbocycles. The van der Waals surface area contributed by atoms with Crippen LogP contribution in [-0.4, -0.2) is 24.0 Å². The molecule has 0 aliphatic heterocycles. The zero-order valence-electron chi connectivity index (χ0n) is 20.7. The summed E-state index contributed by atoms with van der Waals surface area (Å²) in [6.45, 7) is 8.58. The molecule has 0 aromatic heterocycles. The molecule has 0 heterocycles. The lowest BCUT2D eigenvalue weighted by Crippen LogP contribution is -2.50. The SMILES string of the molecule is CCCCCCCCCCCCCCCCNC(=O)[C@@]12CC[C@@](C)(C(=O)C1=O)C2(C)C. The fraction of sp³-hybridized carbons (Fsp3) is 0.889. The van der Waals surface area contributed by atoms with Crippen molar-refractivity contribution >= 4 is 17.5 Å². The molecule has 2 fully saturated rings. The van der Waals surface area contributed by atoms with E-state index in [9.17, 15) is 14.4 Å². The molecule has 178 valence electrons. The summed E-state index contributed by atoms with van der Waals surface area (Å²) >= 11 is 0. The van der Waals surface area contributed by atoms with Crippen molar-refractivity contribution in [3.8, 4) is 0 Å². The van der Waals surface area contributed by atoms with Crippen LogP contribution in [0.15, 0.2) is 0 Å². The Morgan fingerprint density at radius 3 is 1.58 bits per heavy atom. The summed E-state index contributed by atoms with van der Waals surface area (Å²) in [5.74, 6) is -1.01. The molecule has 2 bridgehead atoms. The van der Waals surface area contributed by atoms with Gasteiger partial charge in [-0.1, -0.05) is 111 Å². The molecular weight excluding hydrogens is 386 g/mol. The van der Waals surface area contributed by atoms with Gasteiger partial charge in [0.05, 0.1) is 0 Å². The van der Waals surface area contributed by atoms with E-state index in [1.54, 1.807) is 0 Å². The lowest BCUT2D eigenvalue weighted by Gasteiger charge is -2.37. The zero-order valence-corrected chi connectivity index (χ0v) is 20.7. The minimum absolute atomic E-state index is 0.216. The second-order valence-corrected chi connectivity index (χ2v) is 10.9. The Labute approximate surface area is 190 Å². The molecule has 0 unspecified atom stereocenters. The van der Waals surface area contributed by atoms with Gasteiger partial charge in [-0.25, -0.2) is 0 Å². The van der Waals surface area contributed by atoms with Crippen molar-refractivity contribution in [1.82, 2.24) is 5.32 Å². The van der Waals surface area contributed by atoms with E-state index >= 15 is 0 Å². The Hall–Kier alpha value is -1.19. The Balaban J connectivity index is 1.52. The summed E-state index contributed by atoms with van der Waals surface area (Å²) < 4.78 is 0. The first-order valence-corrected chi connectivity index (χ1v) is 13.1. The van der Waals surface area contributed by atoms with Crippen molar-refractivity contribution in [3.63, 3.8) is 0 Å². The van der Waals surface area contributed by atoms with Crippen LogP contribution in [0.3, 0.4) is 0 Å². The molecule has 2 aliphatic carbocycles. The summed E-state index contributed by atoms with van der Waals surface area (Å²) in [6, 6.07) is 0. The van der Waals surface area contributed by atoms with Crippen LogP contribution in [0.2, 0.25) is 0 Å². The first-order chi connectivity index (χ1) is 14.8. The zero-order chi connectivity index (χ0) is 23.0. The lowest BCUT2D eigenvalue weighted by molar-refractivity contribution is -0.149. The maximum atomic E-state index is 13.0. The third-order valence-electron chi connectivity index (χ3n) is 8.74. The Bertz CT molecular complexity index is 626. The van der Waals surface area contributed by atoms with Crippen molar-refractivity contribution in [1.29, 1.82) is 0 Å². The summed E-state index contributed by atoms with van der Waals surface area (Å²) in [5, 5.41) is 3.00. The number of hydrogen-bond donors (Lipinski definition) is 1. The predicted octanol–water partition coefficient (Wildman–Crippen LogP) is 6.55. The third-order valence-corrected chi connectivity index (χ3v) is 8.74. The van der Waals surface area contributed by atoms with Crippen LogP contribution >= 0.6 is 0 Å². The van der Waals surface area contributed by atoms with Crippen LogP contribution in [0.4, 0.5) is 0 Å². The summed E-state index contributed by atoms with van der Waals surface area (Å²) in [4.78, 5) is 38.2. The highest BCUT2D eigenvalue weighted by Gasteiger charge is 2.77. The van der Waals surface area contributed by atoms with Gasteiger partial charge in [0.15, 0.2) is 0 Å². The first-order valence-electron chi connectivity index (χ1n) is 13.1. The van der Waals surface area contributed by atoms with Gasteiger partial charge in [0.2, 0.25) is 17.5 Å². The van der Waals surface area contributed by atoms with E-state index in [0.29, 0.717) is 19.4 Å². The fourth-order valence-corrected chi connectivity index (χ4v) is 5.95. The van der Waals surface area contributed by atoms with Crippen LogP contribution in [0.1, 0.15) is 130 Å². The highest BCUT2D eigenvalue weighted by atomic mass is 16.2. The van der Waals surface area contributed by atoms with Crippen LogP contribution in [0, 0.1) is 16.2 Å². The van der Waals surface area contributed by atoms with Gasteiger partial charge < -0.3 is 5.32 Å². The minimum atomic E-state index is -1.14. The quantitative estimate of drug-likeness (QED) is 0.170. The molecule has 2 rings (SSSR count). The summed E-state index contributed by atoms with van der Waals surface area (Å²) in [5.41, 5.74) is -2.43. The number of carbonyl (C=O) groups is 3. The van der Waals surface area contributed by atoms with Gasteiger partial charge in [-0.3, -0.25) is 14.4 Å². The van der Waals surface area contributed by atoms with Crippen molar-refractivity contribution in [2.75, 3.05) is 6.54 Å². The first kappa shape index (κ1) is 26.1. The summed E-state index contributed by atoms with van der Waals surface area (Å²) in [6.07, 6.45) is 19.4. The van der Waals surface area contributed by atoms with Gasteiger partial charge in [-0.2, -0.15) is 0 Å². The molecule has 31 heavy (non-hydrogen) atoms. The molecule has 4 nitrogen and oxygen atoms in total. The molecule has 0 aromatic carbocycles. The maximum absolute atomic E-state index is 13.0. The number of fused-ring (bicyclic) bond motifs is 2. The van der Waals surface area contributed by atoms with Gasteiger partial charge in [0, 0.05) is 12.0 Å². The number of nitrogens with one attached hydrogen (secondary N) is 1. The maximum Gasteiger partial charge on any atom is 0.234 e. The van der Waals surface area contributed by atoms with Gasteiger partial charge in [0.1, 0.15) is 5.41 Å². The monoisotopic (exact) mass is 433 g/mol. The minimum Gasteiger partial charge on any atom is -0.355 e. The number of ketones is 2. The average molecular weight is 434 g/mol. The van der Waals surface area contributed by atoms with E-state index in [4.69, 9.17) is 0 Å². The molecule has 1 N–H and O–H groups in total. The molecule has 4 heteroatoms. The Morgan fingerprint density at radius 2 is 1.16 bits per heavy atom. The van der Waals surface area contributed by atoms with Crippen molar-refractivity contribution < 1.29 is 14.4 Å². The van der Waals surface area contributed by atoms with Crippen molar-refractivity contribution in [3.05, 3.63) is 0 Å². The molecule has 0 aromatic rings.